The lowest BCUT2D eigenvalue weighted by atomic mass is 9.99. The number of hydrogen-bond acceptors (Lipinski definition) is 6. The lowest BCUT2D eigenvalue weighted by Gasteiger charge is -2.30. The molecule has 11 heteroatoms. The number of nitrogens with one attached hydrogen (secondary N) is 1. The van der Waals surface area contributed by atoms with Crippen LogP contribution >= 0.6 is 11.6 Å². The fourth-order valence-electron chi connectivity index (χ4n) is 4.21. The molecule has 37 heavy (non-hydrogen) atoms. The zero-order valence-corrected chi connectivity index (χ0v) is 22.4. The normalized spacial score (nSPS) is 16.7. The van der Waals surface area contributed by atoms with Crippen LogP contribution in [0.1, 0.15) is 30.9 Å². The maximum absolute atomic E-state index is 12.8. The van der Waals surface area contributed by atoms with Crippen molar-refractivity contribution in [1.82, 2.24) is 19.5 Å². The van der Waals surface area contributed by atoms with Crippen LogP contribution in [0.2, 0.25) is 5.02 Å². The monoisotopic (exact) mass is 543 g/mol. The topological polar surface area (TPSA) is 106 Å². The highest BCUT2D eigenvalue weighted by Gasteiger charge is 2.31. The predicted molar refractivity (Wildman–Crippen MR) is 144 cm³/mol. The van der Waals surface area contributed by atoms with E-state index in [1.54, 1.807) is 24.9 Å². The second kappa shape index (κ2) is 11.9. The molecule has 9 nitrogen and oxygen atoms in total. The summed E-state index contributed by atoms with van der Waals surface area (Å²) in [5.41, 5.74) is 5.92. The van der Waals surface area contributed by atoms with E-state index in [0.717, 1.165) is 22.4 Å². The molecule has 1 amide bonds. The number of halogens is 1. The van der Waals surface area contributed by atoms with E-state index >= 15 is 0 Å². The molecule has 0 spiro atoms. The van der Waals surface area contributed by atoms with Crippen molar-refractivity contribution in [2.24, 2.45) is 11.0 Å². The van der Waals surface area contributed by atoms with Crippen LogP contribution in [-0.4, -0.2) is 60.6 Å². The number of benzene rings is 2. The molecule has 2 aromatic carbocycles. The lowest BCUT2D eigenvalue weighted by molar-refractivity contribution is -0.126. The number of aromatic nitrogens is 2. The molecule has 196 valence electrons. The van der Waals surface area contributed by atoms with Gasteiger partial charge < -0.3 is 4.74 Å². The smallest absolute Gasteiger partial charge is 0.244 e. The molecule has 0 unspecified atom stereocenters. The van der Waals surface area contributed by atoms with Gasteiger partial charge >= 0.3 is 0 Å². The highest BCUT2D eigenvalue weighted by molar-refractivity contribution is 7.89. The fraction of sp³-hybridized carbons (Fsp3) is 0.346. The van der Waals surface area contributed by atoms with Crippen molar-refractivity contribution in [3.63, 3.8) is 0 Å². The van der Waals surface area contributed by atoms with E-state index in [4.69, 9.17) is 21.4 Å². The number of piperidine rings is 1. The molecule has 0 radical (unpaired) electrons. The summed E-state index contributed by atoms with van der Waals surface area (Å²) in [6.07, 6.45) is 4.68. The molecule has 0 saturated carbocycles. The summed E-state index contributed by atoms with van der Waals surface area (Å²) in [5, 5.41) is 9.61. The summed E-state index contributed by atoms with van der Waals surface area (Å²) >= 11 is 6.01. The number of carbonyl (C=O) groups is 1. The quantitative estimate of drug-likeness (QED) is 0.326. The molecule has 1 saturated heterocycles. The van der Waals surface area contributed by atoms with Crippen LogP contribution in [0.15, 0.2) is 59.8 Å². The molecule has 3 aromatic rings. The van der Waals surface area contributed by atoms with E-state index in [9.17, 15) is 13.2 Å². The first kappa shape index (κ1) is 26.8. The molecule has 1 aliphatic rings. The Kier molecular flexibility index (Phi) is 8.63. The second-order valence-electron chi connectivity index (χ2n) is 8.82. The Balaban J connectivity index is 1.52. The summed E-state index contributed by atoms with van der Waals surface area (Å²) < 4.78 is 32.9. The standard InChI is InChI=1S/C26H30ClN5O4S/c1-3-37(34,35)32-14-4-5-21(18-32)26(33)29-28-15-22-17-31(16-19-6-10-23(27)11-7-19)30-25(22)20-8-12-24(36-2)13-9-20/h6-13,15,17,21H,3-5,14,16,18H2,1-2H3,(H,29,33)/b28-15-/t21-/m1/s1. The van der Waals surface area contributed by atoms with Gasteiger partial charge in [0.05, 0.1) is 31.5 Å². The minimum Gasteiger partial charge on any atom is -0.497 e. The molecular weight excluding hydrogens is 514 g/mol. The van der Waals surface area contributed by atoms with Crippen molar-refractivity contribution >= 4 is 33.7 Å². The second-order valence-corrected chi connectivity index (χ2v) is 11.5. The van der Waals surface area contributed by atoms with E-state index in [2.05, 4.69) is 10.5 Å². The number of ether oxygens (including phenoxy) is 1. The van der Waals surface area contributed by atoms with Crippen molar-refractivity contribution in [1.29, 1.82) is 0 Å². The number of carbonyl (C=O) groups excluding carboxylic acids is 1. The molecule has 0 aliphatic carbocycles. The average molecular weight is 544 g/mol. The first-order valence-corrected chi connectivity index (χ1v) is 14.0. The molecule has 1 N–H and O–H groups in total. The van der Waals surface area contributed by atoms with Gasteiger partial charge in [-0.05, 0) is 61.7 Å². The van der Waals surface area contributed by atoms with E-state index in [1.807, 2.05) is 54.7 Å². The summed E-state index contributed by atoms with van der Waals surface area (Å²) in [5.74, 6) is 0.0133. The SMILES string of the molecule is CCS(=O)(=O)N1CCC[C@@H](C(=O)N/N=C\c2cn(Cc3ccc(Cl)cc3)nc2-c2ccc(OC)cc2)C1. The van der Waals surface area contributed by atoms with Gasteiger partial charge in [0.25, 0.3) is 0 Å². The third-order valence-electron chi connectivity index (χ3n) is 6.30. The highest BCUT2D eigenvalue weighted by atomic mass is 35.5. The van der Waals surface area contributed by atoms with Crippen LogP contribution in [0.3, 0.4) is 0 Å². The predicted octanol–water partition coefficient (Wildman–Crippen LogP) is 3.77. The molecule has 2 heterocycles. The Hall–Kier alpha value is -3.21. The van der Waals surface area contributed by atoms with Gasteiger partial charge in [-0.1, -0.05) is 23.7 Å². The summed E-state index contributed by atoms with van der Waals surface area (Å²) in [7, 11) is -1.72. The molecule has 1 atom stereocenters. The number of methoxy groups -OCH3 is 1. The Morgan fingerprint density at radius 3 is 2.62 bits per heavy atom. The molecule has 1 aliphatic heterocycles. The summed E-state index contributed by atoms with van der Waals surface area (Å²) in [6.45, 7) is 2.76. The van der Waals surface area contributed by atoms with E-state index in [-0.39, 0.29) is 18.2 Å². The fourth-order valence-corrected chi connectivity index (χ4v) is 5.52. The molecule has 1 aromatic heterocycles. The number of amides is 1. The van der Waals surface area contributed by atoms with Gasteiger partial charge in [-0.2, -0.15) is 10.2 Å². The van der Waals surface area contributed by atoms with Crippen molar-refractivity contribution in [3.05, 3.63) is 70.9 Å². The van der Waals surface area contributed by atoms with Crippen LogP contribution in [0, 0.1) is 5.92 Å². The van der Waals surface area contributed by atoms with Gasteiger partial charge in [0, 0.05) is 35.4 Å². The van der Waals surface area contributed by atoms with Crippen molar-refractivity contribution in [3.8, 4) is 17.0 Å². The maximum atomic E-state index is 12.8. The van der Waals surface area contributed by atoms with Gasteiger partial charge in [0.2, 0.25) is 15.9 Å². The Bertz CT molecular complexity index is 1350. The summed E-state index contributed by atoms with van der Waals surface area (Å²) in [4.78, 5) is 12.8. The number of hydrazone groups is 1. The number of rotatable bonds is 9. The Labute approximate surface area is 222 Å². The highest BCUT2D eigenvalue weighted by Crippen LogP contribution is 2.24. The zero-order valence-electron chi connectivity index (χ0n) is 20.8. The third-order valence-corrected chi connectivity index (χ3v) is 8.40. The zero-order chi connectivity index (χ0) is 26.4. The third kappa shape index (κ3) is 6.76. The van der Waals surface area contributed by atoms with Crippen LogP contribution in [0.5, 0.6) is 5.75 Å². The minimum atomic E-state index is -3.33. The van der Waals surface area contributed by atoms with Crippen molar-refractivity contribution < 1.29 is 17.9 Å². The van der Waals surface area contributed by atoms with Gasteiger partial charge in [-0.25, -0.2) is 18.1 Å². The van der Waals surface area contributed by atoms with Gasteiger partial charge in [-0.15, -0.1) is 0 Å². The lowest BCUT2D eigenvalue weighted by Crippen LogP contribution is -2.45. The number of nitrogens with zero attached hydrogens (tertiary/aromatic N) is 4. The average Bonchev–Trinajstić information content (AvgIpc) is 3.32. The van der Waals surface area contributed by atoms with Crippen LogP contribution in [0.4, 0.5) is 0 Å². The van der Waals surface area contributed by atoms with E-state index < -0.39 is 15.9 Å². The molecular formula is C26H30ClN5O4S. The van der Waals surface area contributed by atoms with Crippen LogP contribution < -0.4 is 10.2 Å². The number of sulfonamides is 1. The van der Waals surface area contributed by atoms with Crippen molar-refractivity contribution in [2.75, 3.05) is 26.0 Å². The van der Waals surface area contributed by atoms with E-state index in [0.29, 0.717) is 36.6 Å². The van der Waals surface area contributed by atoms with Gasteiger partial charge in [0.1, 0.15) is 11.4 Å². The van der Waals surface area contributed by atoms with Gasteiger partial charge in [0.15, 0.2) is 0 Å². The number of hydrogen-bond donors (Lipinski definition) is 1. The van der Waals surface area contributed by atoms with E-state index in [1.165, 1.54) is 4.31 Å². The maximum Gasteiger partial charge on any atom is 0.244 e. The minimum absolute atomic E-state index is 0.0215. The molecule has 0 bridgehead atoms. The Morgan fingerprint density at radius 1 is 1.22 bits per heavy atom. The molecule has 4 rings (SSSR count). The Morgan fingerprint density at radius 2 is 1.95 bits per heavy atom. The summed E-state index contributed by atoms with van der Waals surface area (Å²) in [6, 6.07) is 15.1. The van der Waals surface area contributed by atoms with Crippen LogP contribution in [0.25, 0.3) is 11.3 Å². The van der Waals surface area contributed by atoms with Crippen molar-refractivity contribution in [2.45, 2.75) is 26.3 Å². The van der Waals surface area contributed by atoms with Crippen LogP contribution in [-0.2, 0) is 21.4 Å². The van der Waals surface area contributed by atoms with Gasteiger partial charge in [-0.3, -0.25) is 9.48 Å². The molecule has 1 fully saturated rings. The first-order chi connectivity index (χ1) is 17.8. The largest absolute Gasteiger partial charge is 0.497 e. The first-order valence-electron chi connectivity index (χ1n) is 12.1.